The Bertz CT molecular complexity index is 457. The van der Waals surface area contributed by atoms with Gasteiger partial charge in [-0.15, -0.1) is 0 Å². The van der Waals surface area contributed by atoms with Gasteiger partial charge >= 0.3 is 6.09 Å². The molecule has 0 aromatic heterocycles. The van der Waals surface area contributed by atoms with Crippen molar-refractivity contribution < 1.29 is 9.90 Å². The summed E-state index contributed by atoms with van der Waals surface area (Å²) in [5.41, 5.74) is 6.05. The Morgan fingerprint density at radius 2 is 2.06 bits per heavy atom. The van der Waals surface area contributed by atoms with E-state index >= 15 is 0 Å². The molecule has 3 nitrogen and oxygen atoms in total. The molecule has 1 aliphatic rings. The fraction of sp³-hybridized carbons (Fsp3) is 0.417. The lowest BCUT2D eigenvalue weighted by Gasteiger charge is -2.10. The number of benzene rings is 1. The molecule has 1 amide bonds. The van der Waals surface area contributed by atoms with Crippen molar-refractivity contribution in [2.24, 2.45) is 0 Å². The van der Waals surface area contributed by atoms with Crippen LogP contribution in [-0.2, 0) is 18.4 Å². The lowest BCUT2D eigenvalue weighted by molar-refractivity contribution is 0.145. The Labute approximate surface area is 103 Å². The van der Waals surface area contributed by atoms with Crippen LogP contribution in [-0.4, -0.2) is 16.1 Å². The van der Waals surface area contributed by atoms with E-state index in [1.807, 2.05) is 0 Å². The third-order valence-corrected chi connectivity index (χ3v) is 3.88. The minimum Gasteiger partial charge on any atom is -0.465 e. The highest BCUT2D eigenvalue weighted by Crippen LogP contribution is 2.31. The molecule has 1 aromatic rings. The van der Waals surface area contributed by atoms with Crippen molar-refractivity contribution >= 4 is 22.0 Å². The Morgan fingerprint density at radius 1 is 1.44 bits per heavy atom. The third kappa shape index (κ3) is 1.71. The molecule has 16 heavy (non-hydrogen) atoms. The van der Waals surface area contributed by atoms with Crippen molar-refractivity contribution in [3.8, 4) is 0 Å². The molecule has 0 fully saturated rings. The van der Waals surface area contributed by atoms with Crippen LogP contribution >= 0.6 is 15.9 Å². The van der Waals surface area contributed by atoms with Crippen LogP contribution in [0.5, 0.6) is 0 Å². The Balaban J connectivity index is 2.48. The Morgan fingerprint density at radius 3 is 2.62 bits per heavy atom. The van der Waals surface area contributed by atoms with Gasteiger partial charge in [0.05, 0.1) is 0 Å². The second-order valence-electron chi connectivity index (χ2n) is 4.21. The Hall–Kier alpha value is -1.03. The normalized spacial score (nSPS) is 14.1. The van der Waals surface area contributed by atoms with Gasteiger partial charge in [-0.05, 0) is 41.7 Å². The minimum atomic E-state index is -0.838. The van der Waals surface area contributed by atoms with E-state index < -0.39 is 6.09 Å². The topological polar surface area (TPSA) is 40.5 Å². The van der Waals surface area contributed by atoms with Crippen LogP contribution in [0.4, 0.5) is 4.79 Å². The van der Waals surface area contributed by atoms with E-state index in [1.54, 1.807) is 0 Å². The number of nitrogens with zero attached hydrogens (tertiary/aromatic N) is 1. The summed E-state index contributed by atoms with van der Waals surface area (Å²) in [5.74, 6) is 0. The summed E-state index contributed by atoms with van der Waals surface area (Å²) in [6, 6.07) is 2.15. The fourth-order valence-corrected chi connectivity index (χ4v) is 2.84. The van der Waals surface area contributed by atoms with Gasteiger partial charge in [-0.3, -0.25) is 4.90 Å². The molecule has 1 aromatic carbocycles. The third-order valence-electron chi connectivity index (χ3n) is 3.28. The van der Waals surface area contributed by atoms with Gasteiger partial charge in [0.15, 0.2) is 0 Å². The molecule has 4 heteroatoms. The molecular formula is C12H14BrNO2. The summed E-state index contributed by atoms with van der Waals surface area (Å²) in [5, 5.41) is 9.83. The van der Waals surface area contributed by atoms with Crippen LogP contribution in [0.1, 0.15) is 27.8 Å². The number of rotatable bonds is 1. The number of aryl methyl sites for hydroxylation is 1. The van der Waals surface area contributed by atoms with E-state index in [4.69, 9.17) is 5.11 Å². The van der Waals surface area contributed by atoms with Crippen molar-refractivity contribution in [3.63, 3.8) is 0 Å². The first-order chi connectivity index (χ1) is 7.54. The molecule has 0 aliphatic carbocycles. The molecule has 0 unspecified atom stereocenters. The lowest BCUT2D eigenvalue weighted by Crippen LogP contribution is -2.22. The zero-order valence-corrected chi connectivity index (χ0v) is 11.0. The summed E-state index contributed by atoms with van der Waals surface area (Å²) in [4.78, 5) is 12.4. The summed E-state index contributed by atoms with van der Waals surface area (Å²) in [6.07, 6.45) is -0.838. The van der Waals surface area contributed by atoms with E-state index in [-0.39, 0.29) is 0 Å². The molecule has 0 bridgehead atoms. The molecule has 86 valence electrons. The first-order valence-corrected chi connectivity index (χ1v) is 6.31. The van der Waals surface area contributed by atoms with Crippen LogP contribution in [0, 0.1) is 13.8 Å². The predicted octanol–water partition coefficient (Wildman–Crippen LogP) is 3.19. The first-order valence-electron chi connectivity index (χ1n) is 5.19. The number of amides is 1. The maximum atomic E-state index is 11.0. The van der Waals surface area contributed by atoms with Crippen molar-refractivity contribution in [2.45, 2.75) is 32.3 Å². The monoisotopic (exact) mass is 283 g/mol. The minimum absolute atomic E-state index is 0.526. The summed E-state index contributed by atoms with van der Waals surface area (Å²) in [7, 11) is 0. The molecule has 0 spiro atoms. The molecule has 0 saturated carbocycles. The quantitative estimate of drug-likeness (QED) is 0.804. The van der Waals surface area contributed by atoms with Gasteiger partial charge in [-0.25, -0.2) is 4.79 Å². The van der Waals surface area contributed by atoms with E-state index in [0.717, 1.165) is 5.33 Å². The summed E-state index contributed by atoms with van der Waals surface area (Å²) < 4.78 is 0. The van der Waals surface area contributed by atoms with Crippen molar-refractivity contribution in [3.05, 3.63) is 33.9 Å². The second kappa shape index (κ2) is 4.09. The smallest absolute Gasteiger partial charge is 0.407 e. The van der Waals surface area contributed by atoms with Gasteiger partial charge in [0.25, 0.3) is 0 Å². The van der Waals surface area contributed by atoms with Crippen LogP contribution < -0.4 is 0 Å². The van der Waals surface area contributed by atoms with Crippen molar-refractivity contribution in [2.75, 3.05) is 0 Å². The number of fused-ring (bicyclic) bond motifs is 1. The Kier molecular flexibility index (Phi) is 2.93. The largest absolute Gasteiger partial charge is 0.465 e. The predicted molar refractivity (Wildman–Crippen MR) is 65.8 cm³/mol. The van der Waals surface area contributed by atoms with Crippen LogP contribution in [0.25, 0.3) is 0 Å². The average molecular weight is 284 g/mol. The molecule has 1 heterocycles. The van der Waals surface area contributed by atoms with Crippen LogP contribution in [0.15, 0.2) is 6.07 Å². The molecule has 0 atom stereocenters. The number of hydrogen-bond donors (Lipinski definition) is 1. The number of halogens is 1. The molecule has 1 aliphatic heterocycles. The van der Waals surface area contributed by atoms with E-state index in [1.165, 1.54) is 32.7 Å². The number of hydrogen-bond acceptors (Lipinski definition) is 1. The average Bonchev–Trinajstić information content (AvgIpc) is 2.68. The zero-order valence-electron chi connectivity index (χ0n) is 9.38. The van der Waals surface area contributed by atoms with Crippen molar-refractivity contribution in [1.82, 2.24) is 4.90 Å². The van der Waals surface area contributed by atoms with E-state index in [2.05, 4.69) is 35.8 Å². The maximum absolute atomic E-state index is 11.0. The lowest BCUT2D eigenvalue weighted by atomic mass is 9.95. The first kappa shape index (κ1) is 11.5. The number of carboxylic acid groups (broad SMARTS) is 1. The van der Waals surface area contributed by atoms with Gasteiger partial charge in [0.2, 0.25) is 0 Å². The van der Waals surface area contributed by atoms with Gasteiger partial charge in [0, 0.05) is 18.4 Å². The molecular weight excluding hydrogens is 270 g/mol. The highest BCUT2D eigenvalue weighted by Gasteiger charge is 2.26. The van der Waals surface area contributed by atoms with Gasteiger partial charge in [-0.2, -0.15) is 0 Å². The van der Waals surface area contributed by atoms with Gasteiger partial charge in [-0.1, -0.05) is 22.0 Å². The van der Waals surface area contributed by atoms with Gasteiger partial charge < -0.3 is 5.11 Å². The molecule has 0 saturated heterocycles. The molecule has 2 rings (SSSR count). The van der Waals surface area contributed by atoms with Crippen LogP contribution in [0.3, 0.4) is 0 Å². The van der Waals surface area contributed by atoms with Crippen molar-refractivity contribution in [1.29, 1.82) is 0 Å². The number of alkyl halides is 1. The van der Waals surface area contributed by atoms with E-state index in [0.29, 0.717) is 13.1 Å². The summed E-state index contributed by atoms with van der Waals surface area (Å²) >= 11 is 3.46. The SMILES string of the molecule is Cc1cc(CBr)c(C)c2c1CN(C(=O)O)C2. The molecule has 0 radical (unpaired) electrons. The van der Waals surface area contributed by atoms with Crippen LogP contribution in [0.2, 0.25) is 0 Å². The highest BCUT2D eigenvalue weighted by molar-refractivity contribution is 9.08. The standard InChI is InChI=1S/C12H14BrNO2/c1-7-3-9(4-13)8(2)11-6-14(12(15)16)5-10(7)11/h3H,4-6H2,1-2H3,(H,15,16). The fourth-order valence-electron chi connectivity index (χ4n) is 2.26. The second-order valence-corrected chi connectivity index (χ2v) is 4.77. The van der Waals surface area contributed by atoms with Gasteiger partial charge in [0.1, 0.15) is 0 Å². The highest BCUT2D eigenvalue weighted by atomic mass is 79.9. The zero-order chi connectivity index (χ0) is 11.9. The maximum Gasteiger partial charge on any atom is 0.407 e. The number of carbonyl (C=O) groups is 1. The molecule has 1 N–H and O–H groups in total. The van der Waals surface area contributed by atoms with E-state index in [9.17, 15) is 4.79 Å². The summed E-state index contributed by atoms with van der Waals surface area (Å²) in [6.45, 7) is 5.17.